The summed E-state index contributed by atoms with van der Waals surface area (Å²) < 4.78 is 0. The van der Waals surface area contributed by atoms with Gasteiger partial charge in [0, 0.05) is 28.9 Å². The van der Waals surface area contributed by atoms with Gasteiger partial charge in [-0.3, -0.25) is 9.59 Å². The van der Waals surface area contributed by atoms with Crippen molar-refractivity contribution in [1.29, 1.82) is 0 Å². The zero-order chi connectivity index (χ0) is 15.1. The Hall–Kier alpha value is -1.26. The second-order valence-corrected chi connectivity index (χ2v) is 5.48. The van der Waals surface area contributed by atoms with E-state index in [1.54, 1.807) is 25.1 Å². The average molecular weight is 318 g/mol. The summed E-state index contributed by atoms with van der Waals surface area (Å²) in [5.74, 6) is -0.979. The van der Waals surface area contributed by atoms with Crippen LogP contribution in [-0.2, 0) is 16.0 Å². The lowest BCUT2D eigenvalue weighted by molar-refractivity contribution is -0.137. The molecule has 1 amide bonds. The van der Waals surface area contributed by atoms with Crippen LogP contribution in [-0.4, -0.2) is 23.0 Å². The molecule has 1 aromatic carbocycles. The second-order valence-electron chi connectivity index (χ2n) is 4.64. The van der Waals surface area contributed by atoms with Gasteiger partial charge in [0.25, 0.3) is 0 Å². The van der Waals surface area contributed by atoms with Gasteiger partial charge in [-0.15, -0.1) is 0 Å². The largest absolute Gasteiger partial charge is 0.481 e. The van der Waals surface area contributed by atoms with E-state index in [4.69, 9.17) is 28.3 Å². The topological polar surface area (TPSA) is 66.4 Å². The van der Waals surface area contributed by atoms with Crippen molar-refractivity contribution < 1.29 is 14.7 Å². The first-order chi connectivity index (χ1) is 9.38. The lowest BCUT2D eigenvalue weighted by atomic mass is 10.1. The highest BCUT2D eigenvalue weighted by molar-refractivity contribution is 6.35. The minimum atomic E-state index is -0.862. The maximum atomic E-state index is 11.7. The van der Waals surface area contributed by atoms with Crippen LogP contribution in [0.15, 0.2) is 18.2 Å². The number of carbonyl (C=O) groups is 2. The monoisotopic (exact) mass is 317 g/mol. The fraction of sp³-hybridized carbons (Fsp3) is 0.429. The van der Waals surface area contributed by atoms with Crippen LogP contribution in [0, 0.1) is 0 Å². The third-order valence-corrected chi connectivity index (χ3v) is 3.42. The minimum absolute atomic E-state index is 0.0461. The molecule has 0 radical (unpaired) electrons. The zero-order valence-electron chi connectivity index (χ0n) is 11.2. The molecule has 110 valence electrons. The summed E-state index contributed by atoms with van der Waals surface area (Å²) >= 11 is 11.8. The molecule has 0 saturated heterocycles. The number of halogens is 2. The number of benzene rings is 1. The Morgan fingerprint density at radius 1 is 1.30 bits per heavy atom. The average Bonchev–Trinajstić information content (AvgIpc) is 2.35. The molecule has 0 aromatic heterocycles. The van der Waals surface area contributed by atoms with E-state index >= 15 is 0 Å². The Morgan fingerprint density at radius 2 is 2.00 bits per heavy atom. The van der Waals surface area contributed by atoms with Crippen molar-refractivity contribution in [1.82, 2.24) is 5.32 Å². The lowest BCUT2D eigenvalue weighted by Gasteiger charge is -2.13. The second kappa shape index (κ2) is 8.12. The molecule has 20 heavy (non-hydrogen) atoms. The molecule has 0 saturated carbocycles. The number of carboxylic acid groups (broad SMARTS) is 1. The predicted molar refractivity (Wildman–Crippen MR) is 79.3 cm³/mol. The third kappa shape index (κ3) is 6.26. The highest BCUT2D eigenvalue weighted by atomic mass is 35.5. The zero-order valence-corrected chi connectivity index (χ0v) is 12.7. The van der Waals surface area contributed by atoms with E-state index in [0.29, 0.717) is 29.3 Å². The Kier molecular flexibility index (Phi) is 6.82. The summed E-state index contributed by atoms with van der Waals surface area (Å²) in [7, 11) is 0. The lowest BCUT2D eigenvalue weighted by Crippen LogP contribution is -2.33. The molecule has 0 aliphatic heterocycles. The summed E-state index contributed by atoms with van der Waals surface area (Å²) in [5.41, 5.74) is 0.865. The van der Waals surface area contributed by atoms with Crippen molar-refractivity contribution >= 4 is 35.1 Å². The highest BCUT2D eigenvalue weighted by Crippen LogP contribution is 2.22. The van der Waals surface area contributed by atoms with E-state index in [2.05, 4.69) is 5.32 Å². The summed E-state index contributed by atoms with van der Waals surface area (Å²) in [6.45, 7) is 1.79. The van der Waals surface area contributed by atoms with Crippen LogP contribution in [0.5, 0.6) is 0 Å². The number of hydrogen-bond donors (Lipinski definition) is 2. The Bertz CT molecular complexity index is 491. The van der Waals surface area contributed by atoms with Crippen molar-refractivity contribution in [3.63, 3.8) is 0 Å². The van der Waals surface area contributed by atoms with Crippen LogP contribution in [0.25, 0.3) is 0 Å². The molecule has 1 atom stereocenters. The third-order valence-electron chi connectivity index (χ3n) is 2.84. The molecule has 0 aliphatic carbocycles. The van der Waals surface area contributed by atoms with Crippen LogP contribution < -0.4 is 5.32 Å². The first kappa shape index (κ1) is 16.8. The molecule has 0 fully saturated rings. The summed E-state index contributed by atoms with van der Waals surface area (Å²) in [6, 6.07) is 5.02. The maximum absolute atomic E-state index is 11.7. The van der Waals surface area contributed by atoms with Crippen LogP contribution in [0.4, 0.5) is 0 Å². The number of carboxylic acids is 1. The van der Waals surface area contributed by atoms with Crippen molar-refractivity contribution in [2.75, 3.05) is 0 Å². The predicted octanol–water partition coefficient (Wildman–Crippen LogP) is 3.30. The van der Waals surface area contributed by atoms with Crippen molar-refractivity contribution in [2.24, 2.45) is 0 Å². The van der Waals surface area contributed by atoms with Gasteiger partial charge in [-0.05, 0) is 37.5 Å². The van der Waals surface area contributed by atoms with Gasteiger partial charge in [-0.25, -0.2) is 0 Å². The smallest absolute Gasteiger partial charge is 0.303 e. The molecule has 0 spiro atoms. The number of aliphatic carboxylic acids is 1. The summed E-state index contributed by atoms with van der Waals surface area (Å²) in [5, 5.41) is 12.4. The molecule has 2 N–H and O–H groups in total. The minimum Gasteiger partial charge on any atom is -0.481 e. The Morgan fingerprint density at radius 3 is 2.60 bits per heavy atom. The van der Waals surface area contributed by atoms with E-state index in [-0.39, 0.29) is 18.4 Å². The normalized spacial score (nSPS) is 11.9. The van der Waals surface area contributed by atoms with E-state index < -0.39 is 5.97 Å². The number of aryl methyl sites for hydroxylation is 1. The number of nitrogens with one attached hydrogen (secondary N) is 1. The van der Waals surface area contributed by atoms with Gasteiger partial charge >= 0.3 is 5.97 Å². The van der Waals surface area contributed by atoms with Gasteiger partial charge in [-0.2, -0.15) is 0 Å². The maximum Gasteiger partial charge on any atom is 0.303 e. The van der Waals surface area contributed by atoms with Crippen molar-refractivity contribution in [2.45, 2.75) is 38.6 Å². The van der Waals surface area contributed by atoms with E-state index in [1.807, 2.05) is 0 Å². The van der Waals surface area contributed by atoms with Crippen LogP contribution >= 0.6 is 23.2 Å². The van der Waals surface area contributed by atoms with Crippen LogP contribution in [0.2, 0.25) is 10.0 Å². The van der Waals surface area contributed by atoms with Gasteiger partial charge < -0.3 is 10.4 Å². The standard InChI is InChI=1S/C14H17Cl2NO3/c1-9(2-7-14(19)20)17-13(18)6-4-10-3-5-11(15)8-12(10)16/h3,5,8-9H,2,4,6-7H2,1H3,(H,17,18)(H,19,20). The highest BCUT2D eigenvalue weighted by Gasteiger charge is 2.10. The molecule has 1 unspecified atom stereocenters. The summed E-state index contributed by atoms with van der Waals surface area (Å²) in [6.07, 6.45) is 1.29. The molecule has 0 heterocycles. The number of rotatable bonds is 7. The molecule has 1 aromatic rings. The van der Waals surface area contributed by atoms with Crippen molar-refractivity contribution in [3.05, 3.63) is 33.8 Å². The van der Waals surface area contributed by atoms with E-state index in [1.165, 1.54) is 0 Å². The van der Waals surface area contributed by atoms with Crippen LogP contribution in [0.1, 0.15) is 31.7 Å². The van der Waals surface area contributed by atoms with Crippen LogP contribution in [0.3, 0.4) is 0 Å². The van der Waals surface area contributed by atoms with Gasteiger partial charge in [-0.1, -0.05) is 29.3 Å². The fourth-order valence-corrected chi connectivity index (χ4v) is 2.23. The van der Waals surface area contributed by atoms with E-state index in [0.717, 1.165) is 5.56 Å². The Labute approximate surface area is 128 Å². The van der Waals surface area contributed by atoms with Crippen molar-refractivity contribution in [3.8, 4) is 0 Å². The quantitative estimate of drug-likeness (QED) is 0.810. The molecule has 4 nitrogen and oxygen atoms in total. The summed E-state index contributed by atoms with van der Waals surface area (Å²) in [4.78, 5) is 22.1. The van der Waals surface area contributed by atoms with Gasteiger partial charge in [0.2, 0.25) is 5.91 Å². The first-order valence-corrected chi connectivity index (χ1v) is 7.09. The SMILES string of the molecule is CC(CCC(=O)O)NC(=O)CCc1ccc(Cl)cc1Cl. The van der Waals surface area contributed by atoms with Gasteiger partial charge in [0.1, 0.15) is 0 Å². The van der Waals surface area contributed by atoms with Gasteiger partial charge in [0.05, 0.1) is 0 Å². The molecule has 1 rings (SSSR count). The molecule has 0 bridgehead atoms. The first-order valence-electron chi connectivity index (χ1n) is 6.33. The molecular formula is C14H17Cl2NO3. The van der Waals surface area contributed by atoms with Gasteiger partial charge in [0.15, 0.2) is 0 Å². The Balaban J connectivity index is 2.37. The fourth-order valence-electron chi connectivity index (χ4n) is 1.73. The number of amides is 1. The van der Waals surface area contributed by atoms with E-state index in [9.17, 15) is 9.59 Å². The molecule has 0 aliphatic rings. The molecule has 6 heteroatoms. The molecular weight excluding hydrogens is 301 g/mol. The number of hydrogen-bond acceptors (Lipinski definition) is 2. The number of carbonyl (C=O) groups excluding carboxylic acids is 1.